The Kier molecular flexibility index (Phi) is 7.70. The van der Waals surface area contributed by atoms with Gasteiger partial charge in [0, 0.05) is 24.8 Å². The molecule has 214 valence electrons. The van der Waals surface area contributed by atoms with Crippen LogP contribution >= 0.6 is 0 Å². The average molecular weight is 577 g/mol. The molecule has 7 aromatic rings. The van der Waals surface area contributed by atoms with Crippen molar-refractivity contribution in [1.82, 2.24) is 4.98 Å². The van der Waals surface area contributed by atoms with Crippen molar-refractivity contribution in [2.75, 3.05) is 0 Å². The Labute approximate surface area is 264 Å². The number of aromatic nitrogens is 1. The highest BCUT2D eigenvalue weighted by Crippen LogP contribution is 2.45. The zero-order valence-electron chi connectivity index (χ0n) is 25.2. The number of hydrogen-bond donors (Lipinski definition) is 0. The monoisotopic (exact) mass is 576 g/mol. The fraction of sp³-hybridized carbons (Fsp3) is 0.0233. The summed E-state index contributed by atoms with van der Waals surface area (Å²) in [6.45, 7) is 5.81. The summed E-state index contributed by atoms with van der Waals surface area (Å²) in [5.41, 5.74) is 11.9. The molecule has 1 aromatic heterocycles. The number of hydrogen-bond acceptors (Lipinski definition) is 2. The van der Waals surface area contributed by atoms with Gasteiger partial charge in [0.15, 0.2) is 0 Å². The number of fused-ring (bicyclic) bond motifs is 2. The Morgan fingerprint density at radius 2 is 1.11 bits per heavy atom. The van der Waals surface area contributed by atoms with Crippen LogP contribution in [-0.2, 0) is 0 Å². The van der Waals surface area contributed by atoms with E-state index >= 15 is 0 Å². The van der Waals surface area contributed by atoms with E-state index in [1.807, 2.05) is 18.5 Å². The minimum atomic E-state index is 1.14. The van der Waals surface area contributed by atoms with E-state index in [-0.39, 0.29) is 0 Å². The molecule has 45 heavy (non-hydrogen) atoms. The maximum absolute atomic E-state index is 4.23. The van der Waals surface area contributed by atoms with Crippen LogP contribution < -0.4 is 0 Å². The van der Waals surface area contributed by atoms with Gasteiger partial charge < -0.3 is 0 Å². The SMILES string of the molecule is C=C/N=C\C=C(/C)c1cccc(-c2c3ccccc3c(-c3cccc(-c4ccncc4)c3)c3ccc(-c4ccccc4)cc23)c1. The van der Waals surface area contributed by atoms with E-state index in [0.717, 1.165) is 16.7 Å². The lowest BCUT2D eigenvalue weighted by molar-refractivity contribution is 1.33. The van der Waals surface area contributed by atoms with E-state index in [1.54, 1.807) is 12.4 Å². The molecular formula is C43H32N2. The highest BCUT2D eigenvalue weighted by molar-refractivity contribution is 6.22. The number of allylic oxidation sites excluding steroid dienone is 2. The maximum Gasteiger partial charge on any atom is 0.0273 e. The topological polar surface area (TPSA) is 25.2 Å². The molecule has 0 spiro atoms. The zero-order chi connectivity index (χ0) is 30.6. The van der Waals surface area contributed by atoms with Crippen molar-refractivity contribution in [2.45, 2.75) is 6.92 Å². The van der Waals surface area contributed by atoms with E-state index in [4.69, 9.17) is 0 Å². The van der Waals surface area contributed by atoms with Crippen molar-refractivity contribution in [2.24, 2.45) is 4.99 Å². The van der Waals surface area contributed by atoms with Gasteiger partial charge in [0.25, 0.3) is 0 Å². The predicted molar refractivity (Wildman–Crippen MR) is 193 cm³/mol. The fourth-order valence-electron chi connectivity index (χ4n) is 6.24. The second-order valence-corrected chi connectivity index (χ2v) is 11.1. The van der Waals surface area contributed by atoms with Crippen molar-refractivity contribution in [3.63, 3.8) is 0 Å². The van der Waals surface area contributed by atoms with Gasteiger partial charge in [0.2, 0.25) is 0 Å². The van der Waals surface area contributed by atoms with Crippen LogP contribution in [0, 0.1) is 0 Å². The molecule has 0 saturated heterocycles. The summed E-state index contributed by atoms with van der Waals surface area (Å²) in [4.78, 5) is 8.39. The Balaban J connectivity index is 1.54. The van der Waals surface area contributed by atoms with Crippen LogP contribution in [0.5, 0.6) is 0 Å². The average Bonchev–Trinajstić information content (AvgIpc) is 3.11. The molecule has 0 aliphatic rings. The first-order valence-corrected chi connectivity index (χ1v) is 15.2. The summed E-state index contributed by atoms with van der Waals surface area (Å²) in [5, 5.41) is 4.92. The van der Waals surface area contributed by atoms with Gasteiger partial charge >= 0.3 is 0 Å². The van der Waals surface area contributed by atoms with Gasteiger partial charge in [0.1, 0.15) is 0 Å². The van der Waals surface area contributed by atoms with Crippen molar-refractivity contribution < 1.29 is 0 Å². The van der Waals surface area contributed by atoms with Gasteiger partial charge in [-0.2, -0.15) is 0 Å². The van der Waals surface area contributed by atoms with Gasteiger partial charge in [-0.15, -0.1) is 0 Å². The van der Waals surface area contributed by atoms with Crippen LogP contribution in [0.1, 0.15) is 12.5 Å². The van der Waals surface area contributed by atoms with E-state index in [1.165, 1.54) is 60.5 Å². The predicted octanol–water partition coefficient (Wildman–Crippen LogP) is 11.7. The van der Waals surface area contributed by atoms with Gasteiger partial charge in [-0.3, -0.25) is 9.98 Å². The van der Waals surface area contributed by atoms with E-state index in [9.17, 15) is 0 Å². The van der Waals surface area contributed by atoms with E-state index in [2.05, 4.69) is 157 Å². The molecule has 2 heteroatoms. The standard InChI is InChI=1S/C43H32N2/c1-3-44-24-21-30(2)33-13-9-15-36(27-33)43-39-18-8-7-17-38(39)42(37-16-10-14-34(28-37)32-22-25-45-26-23-32)40-20-19-35(29-41(40)43)31-11-5-4-6-12-31/h3-29H,1H2,2H3/b30-21+,44-24-. The van der Waals surface area contributed by atoms with Gasteiger partial charge in [-0.05, 0) is 121 Å². The highest BCUT2D eigenvalue weighted by Gasteiger charge is 2.18. The number of pyridine rings is 1. The van der Waals surface area contributed by atoms with Crippen LogP contribution in [0.2, 0.25) is 0 Å². The molecular weight excluding hydrogens is 544 g/mol. The zero-order valence-corrected chi connectivity index (χ0v) is 25.2. The highest BCUT2D eigenvalue weighted by atomic mass is 14.6. The number of nitrogens with zero attached hydrogens (tertiary/aromatic N) is 2. The summed E-state index contributed by atoms with van der Waals surface area (Å²) in [6, 6.07) is 48.2. The number of rotatable bonds is 7. The summed E-state index contributed by atoms with van der Waals surface area (Å²) in [7, 11) is 0. The third kappa shape index (κ3) is 5.50. The molecule has 0 aliphatic carbocycles. The number of aliphatic imine (C=N–C) groups is 1. The first-order valence-electron chi connectivity index (χ1n) is 15.2. The second-order valence-electron chi connectivity index (χ2n) is 11.1. The summed E-state index contributed by atoms with van der Waals surface area (Å²) < 4.78 is 0. The van der Waals surface area contributed by atoms with Crippen LogP contribution in [-0.4, -0.2) is 11.2 Å². The third-order valence-electron chi connectivity index (χ3n) is 8.42. The van der Waals surface area contributed by atoms with Crippen molar-refractivity contribution in [3.05, 3.63) is 170 Å². The minimum absolute atomic E-state index is 1.14. The Morgan fingerprint density at radius 3 is 1.87 bits per heavy atom. The lowest BCUT2D eigenvalue weighted by Gasteiger charge is -2.19. The molecule has 0 fully saturated rings. The van der Waals surface area contributed by atoms with E-state index < -0.39 is 0 Å². The minimum Gasteiger partial charge on any atom is -0.265 e. The third-order valence-corrected chi connectivity index (χ3v) is 8.42. The molecule has 0 saturated carbocycles. The first kappa shape index (κ1) is 27.9. The van der Waals surface area contributed by atoms with Crippen LogP contribution in [0.4, 0.5) is 0 Å². The Hall–Kier alpha value is -5.86. The molecule has 0 unspecified atom stereocenters. The molecule has 0 aliphatic heterocycles. The molecule has 0 N–H and O–H groups in total. The quantitative estimate of drug-likeness (QED) is 0.137. The molecule has 7 rings (SSSR count). The fourth-order valence-corrected chi connectivity index (χ4v) is 6.24. The summed E-state index contributed by atoms with van der Waals surface area (Å²) >= 11 is 0. The second kappa shape index (κ2) is 12.4. The maximum atomic E-state index is 4.23. The summed E-state index contributed by atoms with van der Waals surface area (Å²) in [5.74, 6) is 0. The first-order chi connectivity index (χ1) is 22.2. The molecule has 0 atom stereocenters. The Bertz CT molecular complexity index is 2220. The van der Waals surface area contributed by atoms with Crippen molar-refractivity contribution in [1.29, 1.82) is 0 Å². The van der Waals surface area contributed by atoms with E-state index in [0.29, 0.717) is 0 Å². The van der Waals surface area contributed by atoms with Gasteiger partial charge in [-0.25, -0.2) is 0 Å². The molecule has 6 aromatic carbocycles. The molecule has 1 heterocycles. The normalized spacial score (nSPS) is 11.8. The lowest BCUT2D eigenvalue weighted by atomic mass is 9.84. The van der Waals surface area contributed by atoms with Crippen molar-refractivity contribution in [3.8, 4) is 44.5 Å². The summed E-state index contributed by atoms with van der Waals surface area (Å²) in [6.07, 6.45) is 9.08. The number of benzene rings is 6. The molecule has 0 radical (unpaired) electrons. The van der Waals surface area contributed by atoms with Crippen molar-refractivity contribution >= 4 is 33.3 Å². The van der Waals surface area contributed by atoms with Crippen LogP contribution in [0.15, 0.2) is 170 Å². The van der Waals surface area contributed by atoms with Crippen LogP contribution in [0.3, 0.4) is 0 Å². The molecule has 0 amide bonds. The largest absolute Gasteiger partial charge is 0.265 e. The Morgan fingerprint density at radius 1 is 0.533 bits per heavy atom. The lowest BCUT2D eigenvalue weighted by Crippen LogP contribution is -1.93. The molecule has 0 bridgehead atoms. The molecule has 2 nitrogen and oxygen atoms in total. The van der Waals surface area contributed by atoms with Gasteiger partial charge in [-0.1, -0.05) is 110 Å². The smallest absolute Gasteiger partial charge is 0.0273 e. The van der Waals surface area contributed by atoms with Crippen LogP contribution in [0.25, 0.3) is 71.6 Å². The van der Waals surface area contributed by atoms with Gasteiger partial charge in [0.05, 0.1) is 0 Å².